The molecule has 3 rings (SSSR count). The molecule has 96 valence electrons. The summed E-state index contributed by atoms with van der Waals surface area (Å²) in [5.74, 6) is 0. The van der Waals surface area contributed by atoms with Gasteiger partial charge in [0.25, 0.3) is 0 Å². The van der Waals surface area contributed by atoms with Crippen molar-refractivity contribution in [2.75, 3.05) is 0 Å². The Morgan fingerprint density at radius 1 is 1.05 bits per heavy atom. The topological polar surface area (TPSA) is 39.2 Å². The van der Waals surface area contributed by atoms with Gasteiger partial charge in [0, 0.05) is 11.6 Å². The van der Waals surface area contributed by atoms with Gasteiger partial charge in [-0.1, -0.05) is 42.5 Å². The molecule has 0 fully saturated rings. The van der Waals surface area contributed by atoms with Crippen molar-refractivity contribution in [3.05, 3.63) is 70.6 Å². The van der Waals surface area contributed by atoms with Gasteiger partial charge in [0.1, 0.15) is 0 Å². The van der Waals surface area contributed by atoms with Crippen LogP contribution in [-0.2, 0) is 6.42 Å². The molecular formula is C16H14BrNO. The van der Waals surface area contributed by atoms with E-state index in [0.29, 0.717) is 0 Å². The van der Waals surface area contributed by atoms with E-state index in [-0.39, 0.29) is 6.04 Å². The van der Waals surface area contributed by atoms with Gasteiger partial charge in [-0.2, -0.15) is 0 Å². The summed E-state index contributed by atoms with van der Waals surface area (Å²) in [7, 11) is 0. The molecule has 0 aliphatic carbocycles. The van der Waals surface area contributed by atoms with Crippen LogP contribution in [0.15, 0.2) is 63.9 Å². The lowest BCUT2D eigenvalue weighted by Crippen LogP contribution is -2.13. The molecule has 0 amide bonds. The summed E-state index contributed by atoms with van der Waals surface area (Å²) in [6, 6.07) is 16.6. The minimum atomic E-state index is -0.0704. The number of fused-ring (bicyclic) bond motifs is 1. The molecule has 1 atom stereocenters. The van der Waals surface area contributed by atoms with Gasteiger partial charge in [0.2, 0.25) is 0 Å². The zero-order valence-electron chi connectivity index (χ0n) is 10.3. The van der Waals surface area contributed by atoms with Crippen molar-refractivity contribution in [3.8, 4) is 0 Å². The third-order valence-electron chi connectivity index (χ3n) is 3.37. The Labute approximate surface area is 120 Å². The molecule has 3 heteroatoms. The van der Waals surface area contributed by atoms with Crippen LogP contribution >= 0.6 is 15.9 Å². The molecule has 0 radical (unpaired) electrons. The molecule has 1 aromatic heterocycles. The fourth-order valence-electron chi connectivity index (χ4n) is 2.39. The van der Waals surface area contributed by atoms with Crippen LogP contribution in [0.25, 0.3) is 10.8 Å². The number of nitrogens with two attached hydrogens (primary N) is 1. The van der Waals surface area contributed by atoms with Crippen LogP contribution in [0.3, 0.4) is 0 Å². The van der Waals surface area contributed by atoms with Crippen LogP contribution < -0.4 is 5.73 Å². The molecule has 2 nitrogen and oxygen atoms in total. The van der Waals surface area contributed by atoms with E-state index in [1.54, 1.807) is 6.26 Å². The normalized spacial score (nSPS) is 12.7. The van der Waals surface area contributed by atoms with Crippen LogP contribution in [0.5, 0.6) is 0 Å². The second kappa shape index (κ2) is 5.19. The van der Waals surface area contributed by atoms with Gasteiger partial charge in [-0.05, 0) is 44.8 Å². The minimum Gasteiger partial charge on any atom is -0.457 e. The van der Waals surface area contributed by atoms with Crippen molar-refractivity contribution in [2.24, 2.45) is 5.73 Å². The molecule has 2 aromatic carbocycles. The molecule has 0 bridgehead atoms. The highest BCUT2D eigenvalue weighted by molar-refractivity contribution is 9.10. The van der Waals surface area contributed by atoms with E-state index in [0.717, 1.165) is 16.7 Å². The third kappa shape index (κ3) is 2.44. The van der Waals surface area contributed by atoms with Crippen molar-refractivity contribution in [1.82, 2.24) is 0 Å². The standard InChI is InChI=1S/C16H14BrNO/c17-16-14(8-9-19-16)15(18)10-12-6-3-5-11-4-1-2-7-13(11)12/h1-9,15H,10,18H2. The van der Waals surface area contributed by atoms with Crippen molar-refractivity contribution < 1.29 is 4.42 Å². The lowest BCUT2D eigenvalue weighted by molar-refractivity contribution is 0.531. The molecule has 1 unspecified atom stereocenters. The Balaban J connectivity index is 1.96. The fraction of sp³-hybridized carbons (Fsp3) is 0.125. The second-order valence-electron chi connectivity index (χ2n) is 4.60. The van der Waals surface area contributed by atoms with Crippen molar-refractivity contribution in [3.63, 3.8) is 0 Å². The first-order chi connectivity index (χ1) is 9.25. The van der Waals surface area contributed by atoms with E-state index in [2.05, 4.69) is 58.4 Å². The quantitative estimate of drug-likeness (QED) is 0.776. The van der Waals surface area contributed by atoms with E-state index in [1.165, 1.54) is 16.3 Å². The van der Waals surface area contributed by atoms with E-state index < -0.39 is 0 Å². The van der Waals surface area contributed by atoms with Crippen molar-refractivity contribution in [1.29, 1.82) is 0 Å². The van der Waals surface area contributed by atoms with Gasteiger partial charge in [0.15, 0.2) is 4.67 Å². The van der Waals surface area contributed by atoms with E-state index in [1.807, 2.05) is 6.07 Å². The smallest absolute Gasteiger partial charge is 0.173 e. The summed E-state index contributed by atoms with van der Waals surface area (Å²) in [5, 5.41) is 2.51. The van der Waals surface area contributed by atoms with Gasteiger partial charge in [-0.25, -0.2) is 0 Å². The van der Waals surface area contributed by atoms with Crippen LogP contribution in [0.1, 0.15) is 17.2 Å². The highest BCUT2D eigenvalue weighted by atomic mass is 79.9. The van der Waals surface area contributed by atoms with Gasteiger partial charge >= 0.3 is 0 Å². The first kappa shape index (κ1) is 12.5. The molecule has 2 N–H and O–H groups in total. The third-order valence-corrected chi connectivity index (χ3v) is 4.01. The van der Waals surface area contributed by atoms with E-state index in [9.17, 15) is 0 Å². The Kier molecular flexibility index (Phi) is 3.40. The summed E-state index contributed by atoms with van der Waals surface area (Å²) in [6.07, 6.45) is 2.45. The molecule has 1 heterocycles. The Morgan fingerprint density at radius 3 is 2.63 bits per heavy atom. The monoisotopic (exact) mass is 315 g/mol. The van der Waals surface area contributed by atoms with Gasteiger partial charge < -0.3 is 10.2 Å². The lowest BCUT2D eigenvalue weighted by atomic mass is 9.97. The number of hydrogen-bond donors (Lipinski definition) is 1. The predicted octanol–water partition coefficient (Wildman–Crippen LogP) is 4.44. The molecule has 0 saturated heterocycles. The maximum absolute atomic E-state index is 6.27. The Bertz CT molecular complexity index is 699. The van der Waals surface area contributed by atoms with Gasteiger partial charge in [-0.3, -0.25) is 0 Å². The second-order valence-corrected chi connectivity index (χ2v) is 5.32. The van der Waals surface area contributed by atoms with Crippen LogP contribution in [-0.4, -0.2) is 0 Å². The maximum atomic E-state index is 6.27. The first-order valence-corrected chi connectivity index (χ1v) is 7.00. The summed E-state index contributed by atoms with van der Waals surface area (Å²) >= 11 is 3.38. The largest absolute Gasteiger partial charge is 0.457 e. The first-order valence-electron chi connectivity index (χ1n) is 6.21. The summed E-state index contributed by atoms with van der Waals surface area (Å²) in [5.41, 5.74) is 8.54. The number of halogens is 1. The van der Waals surface area contributed by atoms with E-state index in [4.69, 9.17) is 10.2 Å². The predicted molar refractivity (Wildman–Crippen MR) is 81.0 cm³/mol. The molecule has 3 aromatic rings. The molecule has 0 saturated carbocycles. The Morgan fingerprint density at radius 2 is 1.84 bits per heavy atom. The number of furan rings is 1. The molecule has 19 heavy (non-hydrogen) atoms. The number of rotatable bonds is 3. The zero-order chi connectivity index (χ0) is 13.2. The average molecular weight is 316 g/mol. The molecule has 0 aliphatic heterocycles. The van der Waals surface area contributed by atoms with E-state index >= 15 is 0 Å². The molecule has 0 aliphatic rings. The van der Waals surface area contributed by atoms with Crippen LogP contribution in [0.2, 0.25) is 0 Å². The lowest BCUT2D eigenvalue weighted by Gasteiger charge is -2.12. The minimum absolute atomic E-state index is 0.0704. The Hall–Kier alpha value is -1.58. The maximum Gasteiger partial charge on any atom is 0.173 e. The average Bonchev–Trinajstić information content (AvgIpc) is 2.85. The van der Waals surface area contributed by atoms with Crippen LogP contribution in [0.4, 0.5) is 0 Å². The fourth-order valence-corrected chi connectivity index (χ4v) is 2.92. The van der Waals surface area contributed by atoms with Crippen molar-refractivity contribution >= 4 is 26.7 Å². The van der Waals surface area contributed by atoms with Crippen molar-refractivity contribution in [2.45, 2.75) is 12.5 Å². The highest BCUT2D eigenvalue weighted by Crippen LogP contribution is 2.28. The highest BCUT2D eigenvalue weighted by Gasteiger charge is 2.14. The number of benzene rings is 2. The van der Waals surface area contributed by atoms with Crippen LogP contribution in [0, 0.1) is 0 Å². The molecular weight excluding hydrogens is 302 g/mol. The van der Waals surface area contributed by atoms with Gasteiger partial charge in [-0.15, -0.1) is 0 Å². The number of hydrogen-bond acceptors (Lipinski definition) is 2. The summed E-state index contributed by atoms with van der Waals surface area (Å²) in [6.45, 7) is 0. The SMILES string of the molecule is NC(Cc1cccc2ccccc12)c1ccoc1Br. The summed E-state index contributed by atoms with van der Waals surface area (Å²) in [4.78, 5) is 0. The summed E-state index contributed by atoms with van der Waals surface area (Å²) < 4.78 is 5.97. The zero-order valence-corrected chi connectivity index (χ0v) is 11.9. The van der Waals surface area contributed by atoms with Gasteiger partial charge in [0.05, 0.1) is 6.26 Å². The molecule has 0 spiro atoms.